The average Bonchev–Trinajstić information content (AvgIpc) is 3.32. The first-order valence-corrected chi connectivity index (χ1v) is 10.9. The molecular formula is C21H28F3NO5. The zero-order chi connectivity index (χ0) is 21.6. The maximum Gasteiger partial charge on any atom is 0.310 e. The van der Waals surface area contributed by atoms with Crippen molar-refractivity contribution < 1.29 is 37.0 Å². The number of amides is 1. The van der Waals surface area contributed by atoms with Gasteiger partial charge in [-0.2, -0.15) is 0 Å². The van der Waals surface area contributed by atoms with Gasteiger partial charge in [-0.1, -0.05) is 12.8 Å². The van der Waals surface area contributed by atoms with E-state index in [1.165, 1.54) is 0 Å². The van der Waals surface area contributed by atoms with Crippen molar-refractivity contribution in [2.75, 3.05) is 6.61 Å². The second-order valence-electron chi connectivity index (χ2n) is 9.32. The quantitative estimate of drug-likeness (QED) is 0.627. The standard InChI is InChI=1S/C21H28F3NO5/c1-21(23,24)15(22)6-7-29-19(27)11-4-2-3-5-12(11)20(28)30-17-10-8-13-14(9-10)18(26)25-16(13)17/h10-17H,2-9H2,1H3,(H,25,26). The van der Waals surface area contributed by atoms with Crippen molar-refractivity contribution in [3.8, 4) is 0 Å². The fraction of sp³-hybridized carbons (Fsp3) is 0.857. The largest absolute Gasteiger partial charge is 0.465 e. The number of ether oxygens (including phenoxy) is 2. The van der Waals surface area contributed by atoms with Crippen molar-refractivity contribution in [3.05, 3.63) is 0 Å². The third-order valence-corrected chi connectivity index (χ3v) is 7.36. The topological polar surface area (TPSA) is 81.7 Å². The summed E-state index contributed by atoms with van der Waals surface area (Å²) in [6, 6.07) is -0.142. The molecule has 9 heteroatoms. The highest BCUT2D eigenvalue weighted by molar-refractivity contribution is 5.84. The summed E-state index contributed by atoms with van der Waals surface area (Å²) in [5, 5.41) is 2.95. The summed E-state index contributed by atoms with van der Waals surface area (Å²) in [5.74, 6) is -5.53. The minimum atomic E-state index is -3.49. The molecule has 0 aromatic carbocycles. The SMILES string of the molecule is CC(F)(F)C(F)CCOC(=O)C1CCCCC1C(=O)OC1C2CC3C(=O)NC1C3C2. The number of fused-ring (bicyclic) bond motifs is 1. The number of hydrogen-bond donors (Lipinski definition) is 1. The summed E-state index contributed by atoms with van der Waals surface area (Å²) in [7, 11) is 0. The van der Waals surface area contributed by atoms with Crippen LogP contribution in [0.1, 0.15) is 51.9 Å². The molecule has 0 spiro atoms. The minimum absolute atomic E-state index is 0.0298. The van der Waals surface area contributed by atoms with Crippen LogP contribution in [0.25, 0.3) is 0 Å². The molecule has 168 valence electrons. The molecular weight excluding hydrogens is 403 g/mol. The van der Waals surface area contributed by atoms with Gasteiger partial charge in [-0.05, 0) is 37.5 Å². The monoisotopic (exact) mass is 431 g/mol. The number of halogens is 3. The van der Waals surface area contributed by atoms with Crippen LogP contribution in [-0.4, -0.2) is 48.7 Å². The first-order chi connectivity index (χ1) is 14.2. The Labute approximate surface area is 173 Å². The van der Waals surface area contributed by atoms with Gasteiger partial charge in [0.1, 0.15) is 6.10 Å². The van der Waals surface area contributed by atoms with Crippen LogP contribution < -0.4 is 5.32 Å². The smallest absolute Gasteiger partial charge is 0.310 e. The maximum atomic E-state index is 13.4. The van der Waals surface area contributed by atoms with Crippen LogP contribution in [0, 0.1) is 29.6 Å². The van der Waals surface area contributed by atoms with Gasteiger partial charge in [0.2, 0.25) is 5.91 Å². The molecule has 1 aliphatic heterocycles. The van der Waals surface area contributed by atoms with Crippen LogP contribution in [-0.2, 0) is 23.9 Å². The number of rotatable bonds is 7. The molecule has 1 amide bonds. The normalized spacial score (nSPS) is 38.3. The molecule has 1 heterocycles. The first kappa shape index (κ1) is 21.4. The molecule has 3 aliphatic carbocycles. The van der Waals surface area contributed by atoms with Crippen molar-refractivity contribution in [3.63, 3.8) is 0 Å². The number of hydrogen-bond acceptors (Lipinski definition) is 5. The van der Waals surface area contributed by atoms with Crippen LogP contribution in [0.3, 0.4) is 0 Å². The molecule has 0 aromatic heterocycles. The molecule has 3 saturated carbocycles. The van der Waals surface area contributed by atoms with E-state index in [4.69, 9.17) is 9.47 Å². The lowest BCUT2D eigenvalue weighted by Gasteiger charge is -2.32. The Kier molecular flexibility index (Phi) is 5.74. The van der Waals surface area contributed by atoms with Crippen molar-refractivity contribution in [1.82, 2.24) is 5.32 Å². The van der Waals surface area contributed by atoms with Crippen LogP contribution in [0.15, 0.2) is 0 Å². The van der Waals surface area contributed by atoms with Crippen molar-refractivity contribution in [1.29, 1.82) is 0 Å². The van der Waals surface area contributed by atoms with Crippen LogP contribution in [0.4, 0.5) is 13.2 Å². The van der Waals surface area contributed by atoms with Gasteiger partial charge in [0.05, 0.1) is 24.5 Å². The van der Waals surface area contributed by atoms with E-state index >= 15 is 0 Å². The highest BCUT2D eigenvalue weighted by Gasteiger charge is 2.61. The number of carbonyl (C=O) groups is 3. The number of carbonyl (C=O) groups excluding carboxylic acids is 3. The van der Waals surface area contributed by atoms with E-state index < -0.39 is 48.9 Å². The van der Waals surface area contributed by atoms with Gasteiger partial charge in [0.15, 0.2) is 6.17 Å². The van der Waals surface area contributed by atoms with Crippen LogP contribution in [0.2, 0.25) is 0 Å². The predicted octanol–water partition coefficient (Wildman–Crippen LogP) is 2.79. The average molecular weight is 431 g/mol. The van der Waals surface area contributed by atoms with Gasteiger partial charge >= 0.3 is 11.9 Å². The third-order valence-electron chi connectivity index (χ3n) is 7.36. The summed E-state index contributed by atoms with van der Waals surface area (Å²) in [4.78, 5) is 37.4. The lowest BCUT2D eigenvalue weighted by molar-refractivity contribution is -0.169. The van der Waals surface area contributed by atoms with Crippen molar-refractivity contribution in [2.24, 2.45) is 29.6 Å². The molecule has 1 N–H and O–H groups in total. The molecule has 2 bridgehead atoms. The third kappa shape index (κ3) is 3.91. The van der Waals surface area contributed by atoms with Gasteiger partial charge in [-0.3, -0.25) is 14.4 Å². The van der Waals surface area contributed by atoms with Gasteiger partial charge in [-0.25, -0.2) is 13.2 Å². The highest BCUT2D eigenvalue weighted by atomic mass is 19.3. The van der Waals surface area contributed by atoms with E-state index in [-0.39, 0.29) is 35.8 Å². The van der Waals surface area contributed by atoms with E-state index in [9.17, 15) is 27.6 Å². The molecule has 6 nitrogen and oxygen atoms in total. The second kappa shape index (κ2) is 8.04. The van der Waals surface area contributed by atoms with E-state index in [1.807, 2.05) is 0 Å². The highest BCUT2D eigenvalue weighted by Crippen LogP contribution is 2.53. The van der Waals surface area contributed by atoms with Crippen molar-refractivity contribution >= 4 is 17.8 Å². The predicted molar refractivity (Wildman–Crippen MR) is 98.1 cm³/mol. The van der Waals surface area contributed by atoms with Gasteiger partial charge in [0, 0.05) is 19.3 Å². The lowest BCUT2D eigenvalue weighted by atomic mass is 9.79. The summed E-state index contributed by atoms with van der Waals surface area (Å²) >= 11 is 0. The Morgan fingerprint density at radius 2 is 1.83 bits per heavy atom. The fourth-order valence-corrected chi connectivity index (χ4v) is 5.78. The Balaban J connectivity index is 1.32. The molecule has 30 heavy (non-hydrogen) atoms. The minimum Gasteiger partial charge on any atom is -0.465 e. The number of esters is 2. The van der Waals surface area contributed by atoms with Crippen molar-refractivity contribution in [2.45, 2.75) is 76.1 Å². The zero-order valence-electron chi connectivity index (χ0n) is 17.0. The number of nitrogens with one attached hydrogen (secondary N) is 1. The molecule has 8 atom stereocenters. The van der Waals surface area contributed by atoms with Gasteiger partial charge in [0.25, 0.3) is 5.92 Å². The second-order valence-corrected chi connectivity index (χ2v) is 9.32. The molecule has 0 aromatic rings. The maximum absolute atomic E-state index is 13.4. The molecule has 0 radical (unpaired) electrons. The first-order valence-electron chi connectivity index (χ1n) is 10.9. The van der Waals surface area contributed by atoms with E-state index in [0.29, 0.717) is 19.8 Å². The molecule has 8 unspecified atom stereocenters. The summed E-state index contributed by atoms with van der Waals surface area (Å²) < 4.78 is 50.0. The molecule has 1 saturated heterocycles. The van der Waals surface area contributed by atoms with E-state index in [2.05, 4.69) is 5.32 Å². The molecule has 4 aliphatic rings. The van der Waals surface area contributed by atoms with Gasteiger partial charge < -0.3 is 14.8 Å². The van der Waals surface area contributed by atoms with Gasteiger partial charge in [-0.15, -0.1) is 0 Å². The zero-order valence-corrected chi connectivity index (χ0v) is 17.0. The Hall–Kier alpha value is -1.80. The van der Waals surface area contributed by atoms with Crippen LogP contribution in [0.5, 0.6) is 0 Å². The lowest BCUT2D eigenvalue weighted by Crippen LogP contribution is -2.44. The molecule has 4 fully saturated rings. The number of alkyl halides is 3. The summed E-state index contributed by atoms with van der Waals surface area (Å²) in [5.41, 5.74) is 0. The van der Waals surface area contributed by atoms with E-state index in [0.717, 1.165) is 25.7 Å². The Bertz CT molecular complexity index is 711. The Morgan fingerprint density at radius 1 is 1.17 bits per heavy atom. The summed E-state index contributed by atoms with van der Waals surface area (Å²) in [6.07, 6.45) is 0.711. The van der Waals surface area contributed by atoms with E-state index in [1.54, 1.807) is 0 Å². The molecule has 4 rings (SSSR count). The summed E-state index contributed by atoms with van der Waals surface area (Å²) in [6.45, 7) is 0.0287. The van der Waals surface area contributed by atoms with Crippen LogP contribution >= 0.6 is 0 Å². The Morgan fingerprint density at radius 3 is 2.50 bits per heavy atom. The fourth-order valence-electron chi connectivity index (χ4n) is 5.78.